The quantitative estimate of drug-likeness (QED) is 0.828. The summed E-state index contributed by atoms with van der Waals surface area (Å²) in [5, 5.41) is 3.35. The molecule has 0 spiro atoms. The van der Waals surface area contributed by atoms with Crippen LogP contribution in [0.25, 0.3) is 0 Å². The number of para-hydroxylation sites is 1. The summed E-state index contributed by atoms with van der Waals surface area (Å²) in [5.74, 6) is 0.237. The summed E-state index contributed by atoms with van der Waals surface area (Å²) in [7, 11) is 0. The first-order valence-electron chi connectivity index (χ1n) is 7.55. The Hall–Kier alpha value is -1.20. The van der Waals surface area contributed by atoms with Crippen molar-refractivity contribution in [1.82, 2.24) is 5.32 Å². The van der Waals surface area contributed by atoms with Gasteiger partial charge in [0.2, 0.25) is 0 Å². The molecule has 0 radical (unpaired) electrons. The lowest BCUT2D eigenvalue weighted by atomic mass is 10.0. The van der Waals surface area contributed by atoms with Gasteiger partial charge in [-0.1, -0.05) is 18.2 Å². The van der Waals surface area contributed by atoms with Crippen LogP contribution >= 0.6 is 0 Å². The highest BCUT2D eigenvalue weighted by Crippen LogP contribution is 2.26. The van der Waals surface area contributed by atoms with E-state index in [1.54, 1.807) is 12.1 Å². The number of hydrogen-bond donors (Lipinski definition) is 1. The van der Waals surface area contributed by atoms with Crippen LogP contribution in [0, 0.1) is 0 Å². The van der Waals surface area contributed by atoms with Gasteiger partial charge in [-0.3, -0.25) is 0 Å². The molecule has 21 heavy (non-hydrogen) atoms. The Morgan fingerprint density at radius 1 is 1.33 bits per heavy atom. The lowest BCUT2D eigenvalue weighted by molar-refractivity contribution is -0.0506. The van der Waals surface area contributed by atoms with Crippen LogP contribution in [0.4, 0.5) is 8.78 Å². The second kappa shape index (κ2) is 8.29. The zero-order chi connectivity index (χ0) is 15.1. The molecule has 2 rings (SSSR count). The van der Waals surface area contributed by atoms with Crippen LogP contribution in [-0.4, -0.2) is 25.9 Å². The van der Waals surface area contributed by atoms with Crippen molar-refractivity contribution in [2.75, 3.05) is 13.2 Å². The molecule has 1 aliphatic heterocycles. The van der Waals surface area contributed by atoms with Crippen molar-refractivity contribution >= 4 is 0 Å². The van der Waals surface area contributed by atoms with Crippen molar-refractivity contribution in [1.29, 1.82) is 0 Å². The van der Waals surface area contributed by atoms with Crippen molar-refractivity contribution < 1.29 is 18.3 Å². The average molecular weight is 299 g/mol. The summed E-state index contributed by atoms with van der Waals surface area (Å²) < 4.78 is 35.0. The minimum absolute atomic E-state index is 0.0384. The van der Waals surface area contributed by atoms with Crippen molar-refractivity contribution in [3.8, 4) is 5.75 Å². The number of alkyl halides is 2. The summed E-state index contributed by atoms with van der Waals surface area (Å²) in [6.07, 6.45) is 4.76. The van der Waals surface area contributed by atoms with Gasteiger partial charge < -0.3 is 14.8 Å². The zero-order valence-corrected chi connectivity index (χ0v) is 12.4. The zero-order valence-electron chi connectivity index (χ0n) is 12.4. The Morgan fingerprint density at radius 2 is 2.14 bits per heavy atom. The fourth-order valence-electron chi connectivity index (χ4n) is 2.65. The van der Waals surface area contributed by atoms with Gasteiger partial charge in [-0.2, -0.15) is 8.78 Å². The first-order chi connectivity index (χ1) is 10.2. The largest absolute Gasteiger partial charge is 0.434 e. The summed E-state index contributed by atoms with van der Waals surface area (Å²) in [5.41, 5.74) is 0.752. The Bertz CT molecular complexity index is 422. The van der Waals surface area contributed by atoms with Gasteiger partial charge in [0.25, 0.3) is 0 Å². The van der Waals surface area contributed by atoms with Gasteiger partial charge in [0.1, 0.15) is 5.75 Å². The molecule has 1 aliphatic rings. The molecule has 0 saturated carbocycles. The molecule has 1 aromatic rings. The normalized spacial score (nSPS) is 20.5. The molecule has 0 aliphatic carbocycles. The van der Waals surface area contributed by atoms with Crippen molar-refractivity contribution in [3.05, 3.63) is 29.8 Å². The second-order valence-electron chi connectivity index (χ2n) is 5.37. The number of benzene rings is 1. The van der Waals surface area contributed by atoms with E-state index in [9.17, 15) is 8.78 Å². The van der Waals surface area contributed by atoms with Crippen LogP contribution in [-0.2, 0) is 4.74 Å². The maximum Gasteiger partial charge on any atom is 0.387 e. The van der Waals surface area contributed by atoms with E-state index in [0.717, 1.165) is 38.0 Å². The van der Waals surface area contributed by atoms with Gasteiger partial charge in [0, 0.05) is 18.2 Å². The number of ether oxygens (including phenoxy) is 2. The van der Waals surface area contributed by atoms with E-state index in [1.807, 2.05) is 19.1 Å². The lowest BCUT2D eigenvalue weighted by Gasteiger charge is -2.24. The molecule has 1 aromatic carbocycles. The van der Waals surface area contributed by atoms with E-state index in [4.69, 9.17) is 4.74 Å². The van der Waals surface area contributed by atoms with E-state index >= 15 is 0 Å². The van der Waals surface area contributed by atoms with E-state index in [1.165, 1.54) is 6.42 Å². The maximum atomic E-state index is 12.4. The number of nitrogens with one attached hydrogen (secondary N) is 1. The van der Waals surface area contributed by atoms with E-state index in [2.05, 4.69) is 10.1 Å². The van der Waals surface area contributed by atoms with Crippen molar-refractivity contribution in [3.63, 3.8) is 0 Å². The van der Waals surface area contributed by atoms with E-state index < -0.39 is 6.61 Å². The average Bonchev–Trinajstić information content (AvgIpc) is 2.48. The number of halogens is 2. The lowest BCUT2D eigenvalue weighted by Crippen LogP contribution is -2.27. The smallest absolute Gasteiger partial charge is 0.387 e. The van der Waals surface area contributed by atoms with Crippen LogP contribution < -0.4 is 10.1 Å². The third kappa shape index (κ3) is 5.25. The fourth-order valence-corrected chi connectivity index (χ4v) is 2.65. The molecule has 1 heterocycles. The van der Waals surface area contributed by atoms with Gasteiger partial charge in [-0.25, -0.2) is 0 Å². The Morgan fingerprint density at radius 3 is 2.86 bits per heavy atom. The van der Waals surface area contributed by atoms with Crippen LogP contribution in [0.3, 0.4) is 0 Å². The molecule has 118 valence electrons. The van der Waals surface area contributed by atoms with Gasteiger partial charge in [0.05, 0.1) is 6.10 Å². The minimum atomic E-state index is -2.80. The second-order valence-corrected chi connectivity index (χ2v) is 5.37. The number of hydrogen-bond acceptors (Lipinski definition) is 3. The molecule has 5 heteroatoms. The molecule has 3 nitrogen and oxygen atoms in total. The predicted molar refractivity (Wildman–Crippen MR) is 77.7 cm³/mol. The molecule has 2 unspecified atom stereocenters. The van der Waals surface area contributed by atoms with Crippen LogP contribution in [0.1, 0.15) is 44.2 Å². The molecular weight excluding hydrogens is 276 g/mol. The molecule has 0 bridgehead atoms. The Labute approximate surface area is 124 Å². The van der Waals surface area contributed by atoms with Crippen LogP contribution in [0.15, 0.2) is 24.3 Å². The third-order valence-corrected chi connectivity index (χ3v) is 3.79. The summed E-state index contributed by atoms with van der Waals surface area (Å²) in [6.45, 7) is 0.809. The molecule has 0 amide bonds. The highest BCUT2D eigenvalue weighted by atomic mass is 19.3. The van der Waals surface area contributed by atoms with Gasteiger partial charge in [-0.15, -0.1) is 0 Å². The SMILES string of the molecule is CC(NCCC1CCCCO1)c1ccccc1OC(F)F. The first-order valence-corrected chi connectivity index (χ1v) is 7.55. The topological polar surface area (TPSA) is 30.5 Å². The summed E-state index contributed by atoms with van der Waals surface area (Å²) in [4.78, 5) is 0. The highest BCUT2D eigenvalue weighted by Gasteiger charge is 2.16. The highest BCUT2D eigenvalue weighted by molar-refractivity contribution is 5.35. The Balaban J connectivity index is 1.83. The predicted octanol–water partition coefficient (Wildman–Crippen LogP) is 3.90. The fraction of sp³-hybridized carbons (Fsp3) is 0.625. The maximum absolute atomic E-state index is 12.4. The van der Waals surface area contributed by atoms with Crippen molar-refractivity contribution in [2.24, 2.45) is 0 Å². The molecular formula is C16H23F2NO2. The molecule has 0 aromatic heterocycles. The third-order valence-electron chi connectivity index (χ3n) is 3.79. The van der Waals surface area contributed by atoms with Crippen LogP contribution in [0.5, 0.6) is 5.75 Å². The number of rotatable bonds is 7. The van der Waals surface area contributed by atoms with E-state index in [0.29, 0.717) is 6.10 Å². The van der Waals surface area contributed by atoms with Crippen LogP contribution in [0.2, 0.25) is 0 Å². The van der Waals surface area contributed by atoms with Gasteiger partial charge in [0.15, 0.2) is 0 Å². The minimum Gasteiger partial charge on any atom is -0.434 e. The summed E-state index contributed by atoms with van der Waals surface area (Å²) >= 11 is 0. The molecule has 1 N–H and O–H groups in total. The standard InChI is InChI=1S/C16H23F2NO2/c1-12(19-10-9-13-6-4-5-11-20-13)14-7-2-3-8-15(14)21-16(17)18/h2-3,7-8,12-13,16,19H,4-6,9-11H2,1H3. The van der Waals surface area contributed by atoms with Crippen molar-refractivity contribution in [2.45, 2.75) is 51.4 Å². The molecule has 2 atom stereocenters. The van der Waals surface area contributed by atoms with Gasteiger partial charge in [-0.05, 0) is 45.2 Å². The van der Waals surface area contributed by atoms with Gasteiger partial charge >= 0.3 is 6.61 Å². The first kappa shape index (κ1) is 16.2. The molecule has 1 fully saturated rings. The molecule has 1 saturated heterocycles. The van der Waals surface area contributed by atoms with E-state index in [-0.39, 0.29) is 11.8 Å². The summed E-state index contributed by atoms with van der Waals surface area (Å²) in [6, 6.07) is 6.87. The Kier molecular flexibility index (Phi) is 6.39. The monoisotopic (exact) mass is 299 g/mol.